The predicted octanol–water partition coefficient (Wildman–Crippen LogP) is 4.42. The van der Waals surface area contributed by atoms with Crippen LogP contribution in [0, 0.1) is 17.5 Å². The summed E-state index contributed by atoms with van der Waals surface area (Å²) in [6.45, 7) is 0.398. The van der Waals surface area contributed by atoms with Crippen LogP contribution in [-0.2, 0) is 16.0 Å². The van der Waals surface area contributed by atoms with E-state index in [2.05, 4.69) is 4.72 Å². The van der Waals surface area contributed by atoms with E-state index in [1.807, 2.05) is 0 Å². The third-order valence-electron chi connectivity index (χ3n) is 6.45. The van der Waals surface area contributed by atoms with E-state index in [0.29, 0.717) is 18.3 Å². The fourth-order valence-corrected chi connectivity index (χ4v) is 5.39. The number of carbonyl (C=O) groups excluding carboxylic acids is 1. The summed E-state index contributed by atoms with van der Waals surface area (Å²) in [6, 6.07) is 6.05. The minimum Gasteiger partial charge on any atom is -0.368 e. The van der Waals surface area contributed by atoms with Crippen molar-refractivity contribution in [2.45, 2.75) is 55.3 Å². The maximum Gasteiger partial charge on any atom is 0.252 e. The summed E-state index contributed by atoms with van der Waals surface area (Å²) in [5, 5.41) is 0.425. The minimum atomic E-state index is -1.31. The summed E-state index contributed by atoms with van der Waals surface area (Å²) in [4.78, 5) is 14.4. The van der Waals surface area contributed by atoms with Gasteiger partial charge in [-0.2, -0.15) is 0 Å². The first-order valence-corrected chi connectivity index (χ1v) is 12.0. The van der Waals surface area contributed by atoms with Gasteiger partial charge in [0.15, 0.2) is 0 Å². The molecule has 2 saturated heterocycles. The van der Waals surface area contributed by atoms with Crippen LogP contribution in [0.25, 0.3) is 11.1 Å². The molecule has 2 aromatic carbocycles. The summed E-state index contributed by atoms with van der Waals surface area (Å²) in [5.74, 6) is -2.41. The molecular formula is C24H24F4N2O2S. The van der Waals surface area contributed by atoms with Gasteiger partial charge in [-0.05, 0) is 43.0 Å². The number of ether oxygens (including phenoxy) is 1. The van der Waals surface area contributed by atoms with Crippen molar-refractivity contribution in [3.05, 3.63) is 59.4 Å². The van der Waals surface area contributed by atoms with Crippen molar-refractivity contribution >= 4 is 17.9 Å². The molecule has 4 atom stereocenters. The molecule has 0 radical (unpaired) electrons. The number of nitrogens with zero attached hydrogens (tertiary/aromatic N) is 1. The summed E-state index contributed by atoms with van der Waals surface area (Å²) in [6.07, 6.45) is 0.833. The Balaban J connectivity index is 1.44. The molecule has 176 valence electrons. The molecule has 0 spiro atoms. The highest BCUT2D eigenvalue weighted by Crippen LogP contribution is 2.36. The number of alkyl halides is 1. The van der Waals surface area contributed by atoms with Gasteiger partial charge in [-0.15, -0.1) is 0 Å². The van der Waals surface area contributed by atoms with Gasteiger partial charge in [0.05, 0.1) is 25.2 Å². The van der Waals surface area contributed by atoms with E-state index in [0.717, 1.165) is 31.0 Å². The van der Waals surface area contributed by atoms with Crippen LogP contribution in [0.2, 0.25) is 0 Å². The van der Waals surface area contributed by atoms with Crippen LogP contribution in [0.3, 0.4) is 0 Å². The summed E-state index contributed by atoms with van der Waals surface area (Å²) in [5.41, 5.74) is -0.0407. The molecule has 1 unspecified atom stereocenters. The smallest absolute Gasteiger partial charge is 0.252 e. The number of likely N-dealkylation sites (tertiary alicyclic amines) is 1. The molecule has 2 aliphatic heterocycles. The second-order valence-electron chi connectivity index (χ2n) is 8.79. The van der Waals surface area contributed by atoms with Crippen molar-refractivity contribution in [1.82, 2.24) is 9.62 Å². The Bertz CT molecular complexity index is 1050. The molecule has 1 N–H and O–H groups in total. The Morgan fingerprint density at radius 3 is 2.61 bits per heavy atom. The van der Waals surface area contributed by atoms with Gasteiger partial charge in [-0.1, -0.05) is 30.1 Å². The molecule has 2 heterocycles. The number of nitrogens with one attached hydrogen (secondary N) is 1. The quantitative estimate of drug-likeness (QED) is 0.471. The van der Waals surface area contributed by atoms with E-state index in [4.69, 9.17) is 4.74 Å². The fourth-order valence-electron chi connectivity index (χ4n) is 4.37. The molecule has 2 aromatic rings. The van der Waals surface area contributed by atoms with Gasteiger partial charge in [0.1, 0.15) is 29.7 Å². The lowest BCUT2D eigenvalue weighted by Gasteiger charge is -2.34. The van der Waals surface area contributed by atoms with Crippen molar-refractivity contribution < 1.29 is 27.1 Å². The highest BCUT2D eigenvalue weighted by molar-refractivity contribution is 7.98. The zero-order chi connectivity index (χ0) is 23.1. The molecule has 1 aliphatic carbocycles. The minimum absolute atomic E-state index is 0.0401. The molecule has 0 aromatic heterocycles. The number of rotatable bonds is 7. The average Bonchev–Trinajstić information content (AvgIpc) is 3.52. The third-order valence-corrected chi connectivity index (χ3v) is 7.67. The highest BCUT2D eigenvalue weighted by Gasteiger charge is 2.47. The van der Waals surface area contributed by atoms with Gasteiger partial charge in [0.2, 0.25) is 0 Å². The van der Waals surface area contributed by atoms with E-state index in [9.17, 15) is 13.6 Å². The van der Waals surface area contributed by atoms with Crippen LogP contribution in [0.1, 0.15) is 24.8 Å². The summed E-state index contributed by atoms with van der Waals surface area (Å²) in [7, 11) is 0. The lowest BCUT2D eigenvalue weighted by molar-refractivity contribution is -0.157. The van der Waals surface area contributed by atoms with Gasteiger partial charge in [0.25, 0.3) is 5.91 Å². The van der Waals surface area contributed by atoms with Crippen LogP contribution >= 0.6 is 11.9 Å². The third kappa shape index (κ3) is 4.63. The van der Waals surface area contributed by atoms with Crippen LogP contribution < -0.4 is 4.72 Å². The maximum atomic E-state index is 15.5. The van der Waals surface area contributed by atoms with Crippen LogP contribution in [0.15, 0.2) is 36.4 Å². The van der Waals surface area contributed by atoms with Crippen molar-refractivity contribution in [1.29, 1.82) is 0 Å². The molecule has 0 bridgehead atoms. The normalized spacial score (nSPS) is 27.0. The Labute approximate surface area is 193 Å². The molecule has 3 fully saturated rings. The molecule has 5 rings (SSSR count). The fraction of sp³-hybridized carbons (Fsp3) is 0.458. The van der Waals surface area contributed by atoms with Gasteiger partial charge in [-0.25, -0.2) is 17.6 Å². The van der Waals surface area contributed by atoms with E-state index in [1.165, 1.54) is 29.0 Å². The SMILES string of the molecule is O=C(C1CCO1)N1C[C@H](F)[C@H](NSC2CC2)[C@@H]1Cc1cccc(-c2cc(F)ccc2F)c1F. The molecule has 4 nitrogen and oxygen atoms in total. The monoisotopic (exact) mass is 480 g/mol. The standard InChI is InChI=1S/C24H24F4N2O2S/c25-14-4-7-18(26)17(11-14)16-3-1-2-13(22(16)28)10-20-23(29-33-15-5-6-15)19(27)12-30(20)24(31)21-8-9-32-21/h1-4,7,11,15,19-21,23,29H,5-6,8-10,12H2/t19-,20-,21?,23-/m0/s1. The lowest BCUT2D eigenvalue weighted by Crippen LogP contribution is -2.51. The Morgan fingerprint density at radius 1 is 1.12 bits per heavy atom. The second-order valence-corrected chi connectivity index (χ2v) is 9.93. The van der Waals surface area contributed by atoms with E-state index >= 15 is 8.78 Å². The number of hydrogen-bond acceptors (Lipinski definition) is 4. The van der Waals surface area contributed by atoms with Gasteiger partial charge in [0, 0.05) is 22.8 Å². The van der Waals surface area contributed by atoms with Crippen molar-refractivity contribution in [2.75, 3.05) is 13.2 Å². The Hall–Kier alpha value is -2.10. The molecule has 33 heavy (non-hydrogen) atoms. The first-order valence-electron chi connectivity index (χ1n) is 11.1. The Kier molecular flexibility index (Phi) is 6.37. The summed E-state index contributed by atoms with van der Waals surface area (Å²) < 4.78 is 67.1. The van der Waals surface area contributed by atoms with Crippen LogP contribution in [0.4, 0.5) is 17.6 Å². The van der Waals surface area contributed by atoms with Crippen molar-refractivity contribution in [3.63, 3.8) is 0 Å². The number of carbonyl (C=O) groups is 1. The molecule has 9 heteroatoms. The topological polar surface area (TPSA) is 41.6 Å². The number of hydrogen-bond donors (Lipinski definition) is 1. The molecule has 3 aliphatic rings. The second kappa shape index (κ2) is 9.27. The largest absolute Gasteiger partial charge is 0.368 e. The van der Waals surface area contributed by atoms with Crippen molar-refractivity contribution in [2.24, 2.45) is 0 Å². The molecule has 1 amide bonds. The van der Waals surface area contributed by atoms with Gasteiger partial charge in [-0.3, -0.25) is 9.52 Å². The first-order chi connectivity index (χ1) is 15.9. The zero-order valence-electron chi connectivity index (χ0n) is 17.8. The van der Waals surface area contributed by atoms with Crippen LogP contribution in [0.5, 0.6) is 0 Å². The number of amides is 1. The number of benzene rings is 2. The van der Waals surface area contributed by atoms with Crippen LogP contribution in [-0.4, -0.2) is 53.6 Å². The summed E-state index contributed by atoms with van der Waals surface area (Å²) >= 11 is 1.46. The van der Waals surface area contributed by atoms with E-state index in [1.54, 1.807) is 6.07 Å². The maximum absolute atomic E-state index is 15.5. The Morgan fingerprint density at radius 2 is 1.91 bits per heavy atom. The average molecular weight is 481 g/mol. The van der Waals surface area contributed by atoms with E-state index in [-0.39, 0.29) is 35.6 Å². The van der Waals surface area contributed by atoms with E-state index < -0.39 is 41.8 Å². The zero-order valence-corrected chi connectivity index (χ0v) is 18.6. The number of halogens is 4. The molecular weight excluding hydrogens is 456 g/mol. The van der Waals surface area contributed by atoms with Gasteiger partial charge < -0.3 is 9.64 Å². The lowest BCUT2D eigenvalue weighted by atomic mass is 9.95. The van der Waals surface area contributed by atoms with Gasteiger partial charge >= 0.3 is 0 Å². The first kappa shape index (κ1) is 22.7. The predicted molar refractivity (Wildman–Crippen MR) is 118 cm³/mol. The molecule has 1 saturated carbocycles. The highest BCUT2D eigenvalue weighted by atomic mass is 32.2. The van der Waals surface area contributed by atoms with Crippen molar-refractivity contribution in [3.8, 4) is 11.1 Å².